The van der Waals surface area contributed by atoms with Crippen molar-refractivity contribution >= 4 is 7.60 Å². The third-order valence-electron chi connectivity index (χ3n) is 2.30. The molecule has 9 nitrogen and oxygen atoms in total. The van der Waals surface area contributed by atoms with E-state index >= 15 is 0 Å². The number of nitrogens with one attached hydrogen (secondary N) is 1. The second kappa shape index (κ2) is 6.67. The van der Waals surface area contributed by atoms with Crippen molar-refractivity contribution in [1.82, 2.24) is 9.71 Å². The third kappa shape index (κ3) is 5.14. The van der Waals surface area contributed by atoms with Crippen molar-refractivity contribution in [3.05, 3.63) is 44.5 Å². The van der Waals surface area contributed by atoms with E-state index in [-0.39, 0.29) is 12.2 Å². The Morgan fingerprint density at radius 3 is 2.70 bits per heavy atom. The fourth-order valence-electron chi connectivity index (χ4n) is 1.22. The second-order valence-electron chi connectivity index (χ2n) is 4.07. The summed E-state index contributed by atoms with van der Waals surface area (Å²) in [6.07, 6.45) is 2.28. The highest BCUT2D eigenvalue weighted by Gasteiger charge is 2.11. The van der Waals surface area contributed by atoms with Crippen LogP contribution in [0.2, 0.25) is 0 Å². The predicted octanol–water partition coefficient (Wildman–Crippen LogP) is -1.43. The normalized spacial score (nSPS) is 13.6. The predicted molar refractivity (Wildman–Crippen MR) is 69.3 cm³/mol. The molecular formula is C10H15N2O7P. The zero-order chi connectivity index (χ0) is 15.3. The van der Waals surface area contributed by atoms with E-state index < -0.39 is 31.4 Å². The molecule has 10 heteroatoms. The van der Waals surface area contributed by atoms with E-state index in [2.05, 4.69) is 0 Å². The molecule has 0 aromatic carbocycles. The van der Waals surface area contributed by atoms with Crippen LogP contribution < -0.4 is 16.1 Å². The van der Waals surface area contributed by atoms with Gasteiger partial charge in [0.2, 0.25) is 0 Å². The fourth-order valence-corrected chi connectivity index (χ4v) is 1.69. The maximum atomic E-state index is 11.4. The third-order valence-corrected chi connectivity index (χ3v) is 2.86. The summed E-state index contributed by atoms with van der Waals surface area (Å²) in [5.74, 6) is -0.0558. The first-order chi connectivity index (χ1) is 9.23. The van der Waals surface area contributed by atoms with E-state index in [0.29, 0.717) is 5.82 Å². The van der Waals surface area contributed by atoms with Crippen molar-refractivity contribution in [3.63, 3.8) is 0 Å². The first-order valence-corrected chi connectivity index (χ1v) is 7.22. The summed E-state index contributed by atoms with van der Waals surface area (Å²) in [7, 11) is -4.32. The quantitative estimate of drug-likeness (QED) is 0.472. The summed E-state index contributed by atoms with van der Waals surface area (Å²) < 4.78 is 11.4. The largest absolute Gasteiger partial charge is 0.409 e. The van der Waals surface area contributed by atoms with Crippen LogP contribution >= 0.6 is 7.60 Å². The van der Waals surface area contributed by atoms with Crippen molar-refractivity contribution in [2.45, 2.75) is 6.92 Å². The second-order valence-corrected chi connectivity index (χ2v) is 5.54. The molecule has 20 heavy (non-hydrogen) atoms. The van der Waals surface area contributed by atoms with Gasteiger partial charge in [0.05, 0.1) is 12.8 Å². The number of aromatic amines is 1. The Morgan fingerprint density at radius 2 is 2.15 bits per heavy atom. The van der Waals surface area contributed by atoms with Crippen LogP contribution in [-0.2, 0) is 4.57 Å². The minimum Gasteiger partial charge on any atom is -0.409 e. The molecule has 0 aliphatic heterocycles. The van der Waals surface area contributed by atoms with Gasteiger partial charge in [0.15, 0.2) is 0 Å². The molecule has 0 saturated heterocycles. The Hall–Kier alpha value is -1.67. The van der Waals surface area contributed by atoms with Gasteiger partial charge in [0, 0.05) is 17.3 Å². The van der Waals surface area contributed by atoms with Crippen LogP contribution in [0.15, 0.2) is 27.7 Å². The number of nitrogens with zero attached hydrogens (tertiary/aromatic N) is 1. The number of H-pyrrole nitrogens is 1. The van der Waals surface area contributed by atoms with Gasteiger partial charge in [-0.2, -0.15) is 0 Å². The molecule has 1 atom stereocenters. The van der Waals surface area contributed by atoms with Gasteiger partial charge in [-0.25, -0.2) is 4.79 Å². The number of hydrogen-bond acceptors (Lipinski definition) is 5. The molecular weight excluding hydrogens is 291 g/mol. The van der Waals surface area contributed by atoms with Crippen molar-refractivity contribution in [1.29, 1.82) is 0 Å². The van der Waals surface area contributed by atoms with Gasteiger partial charge < -0.3 is 19.7 Å². The molecule has 0 aliphatic rings. The Morgan fingerprint density at radius 1 is 1.50 bits per heavy atom. The monoisotopic (exact) mass is 306 g/mol. The summed E-state index contributed by atoms with van der Waals surface area (Å²) in [4.78, 5) is 46.9. The van der Waals surface area contributed by atoms with Gasteiger partial charge in [-0.05, 0) is 6.92 Å². The summed E-state index contributed by atoms with van der Waals surface area (Å²) in [6.45, 7) is 0.862. The minimum absolute atomic E-state index is 0.196. The van der Waals surface area contributed by atoms with Crippen LogP contribution in [0, 0.1) is 12.8 Å². The SMILES string of the molecule is Cc1cn(OCC(C=CP(=O)(O)O)CO)c(=O)[nH]c1=O. The van der Waals surface area contributed by atoms with Gasteiger partial charge in [-0.1, -0.05) is 6.08 Å². The van der Waals surface area contributed by atoms with E-state index in [1.807, 2.05) is 4.98 Å². The van der Waals surface area contributed by atoms with E-state index in [4.69, 9.17) is 19.7 Å². The molecule has 1 aromatic heterocycles. The molecule has 112 valence electrons. The lowest BCUT2D eigenvalue weighted by molar-refractivity contribution is 0.0639. The smallest absolute Gasteiger partial charge is 0.361 e. The van der Waals surface area contributed by atoms with Crippen molar-refractivity contribution in [3.8, 4) is 0 Å². The molecule has 1 aromatic rings. The fraction of sp³-hybridized carbons (Fsp3) is 0.400. The highest BCUT2D eigenvalue weighted by atomic mass is 31.2. The van der Waals surface area contributed by atoms with Crippen LogP contribution in [0.25, 0.3) is 0 Å². The lowest BCUT2D eigenvalue weighted by Gasteiger charge is -2.12. The molecule has 0 fully saturated rings. The van der Waals surface area contributed by atoms with Gasteiger partial charge in [0.25, 0.3) is 5.56 Å². The van der Waals surface area contributed by atoms with Gasteiger partial charge in [-0.15, -0.1) is 4.73 Å². The molecule has 0 spiro atoms. The number of aliphatic hydroxyl groups excluding tert-OH is 1. The zero-order valence-corrected chi connectivity index (χ0v) is 11.5. The first-order valence-electron chi connectivity index (χ1n) is 5.54. The lowest BCUT2D eigenvalue weighted by Crippen LogP contribution is -2.36. The van der Waals surface area contributed by atoms with Crippen LogP contribution in [0.1, 0.15) is 5.56 Å². The highest BCUT2D eigenvalue weighted by Crippen LogP contribution is 2.36. The summed E-state index contributed by atoms with van der Waals surface area (Å²) >= 11 is 0. The van der Waals surface area contributed by atoms with Crippen LogP contribution in [0.3, 0.4) is 0 Å². The Bertz CT molecular complexity index is 642. The summed E-state index contributed by atoms with van der Waals surface area (Å²) in [5, 5.41) is 9.04. The molecule has 4 N–H and O–H groups in total. The Kier molecular flexibility index (Phi) is 5.46. The highest BCUT2D eigenvalue weighted by molar-refractivity contribution is 7.55. The molecule has 1 heterocycles. The average Bonchev–Trinajstić information content (AvgIpc) is 2.34. The molecule has 0 radical (unpaired) electrons. The van der Waals surface area contributed by atoms with Gasteiger partial charge >= 0.3 is 13.3 Å². The van der Waals surface area contributed by atoms with E-state index in [1.54, 1.807) is 0 Å². The Balaban J connectivity index is 2.77. The minimum atomic E-state index is -4.32. The maximum absolute atomic E-state index is 11.4. The number of aliphatic hydroxyl groups is 1. The van der Waals surface area contributed by atoms with E-state index in [1.165, 1.54) is 13.1 Å². The number of hydrogen-bond donors (Lipinski definition) is 4. The van der Waals surface area contributed by atoms with Crippen molar-refractivity contribution < 1.29 is 24.3 Å². The number of aryl methyl sites for hydroxylation is 1. The Labute approximate surface area is 113 Å². The molecule has 1 rings (SSSR count). The molecule has 1 unspecified atom stereocenters. The standard InChI is InChI=1S/C10H15N2O7P/c1-7-4-12(10(15)11-9(7)14)19-6-8(5-13)2-3-20(16,17)18/h2-4,8,13H,5-6H2,1H3,(H,11,14,15)(H2,16,17,18). The van der Waals surface area contributed by atoms with Gasteiger partial charge in [0.1, 0.15) is 6.61 Å². The number of aromatic nitrogens is 2. The zero-order valence-electron chi connectivity index (χ0n) is 10.6. The lowest BCUT2D eigenvalue weighted by atomic mass is 10.2. The van der Waals surface area contributed by atoms with Gasteiger partial charge in [-0.3, -0.25) is 14.3 Å². The van der Waals surface area contributed by atoms with Crippen LogP contribution in [0.5, 0.6) is 0 Å². The van der Waals surface area contributed by atoms with E-state index in [9.17, 15) is 14.2 Å². The maximum Gasteiger partial charge on any atom is 0.361 e. The molecule has 0 saturated carbocycles. The average molecular weight is 306 g/mol. The van der Waals surface area contributed by atoms with Crippen molar-refractivity contribution in [2.24, 2.45) is 5.92 Å². The van der Waals surface area contributed by atoms with Crippen molar-refractivity contribution in [2.75, 3.05) is 13.2 Å². The van der Waals surface area contributed by atoms with Crippen LogP contribution in [0.4, 0.5) is 0 Å². The topological polar surface area (TPSA) is 142 Å². The molecule has 0 bridgehead atoms. The number of rotatable bonds is 6. The first kappa shape index (κ1) is 16.4. The molecule has 0 aliphatic carbocycles. The summed E-state index contributed by atoms with van der Waals surface area (Å²) in [6, 6.07) is 0. The van der Waals surface area contributed by atoms with Crippen LogP contribution in [-0.4, -0.2) is 37.8 Å². The molecule has 0 amide bonds. The summed E-state index contributed by atoms with van der Waals surface area (Å²) in [5.41, 5.74) is -1.05. The van der Waals surface area contributed by atoms with E-state index in [0.717, 1.165) is 10.8 Å².